The predicted octanol–water partition coefficient (Wildman–Crippen LogP) is 3.51. The second kappa shape index (κ2) is 4.54. The lowest BCUT2D eigenvalue weighted by Gasteiger charge is -2.59. The van der Waals surface area contributed by atoms with Crippen molar-refractivity contribution >= 4 is 5.91 Å². The van der Waals surface area contributed by atoms with Crippen LogP contribution >= 0.6 is 0 Å². The van der Waals surface area contributed by atoms with Gasteiger partial charge >= 0.3 is 0 Å². The maximum Gasteiger partial charge on any atom is 0.220 e. The molecule has 0 aromatic rings. The normalized spacial score (nSPS) is 42.9. The Hall–Kier alpha value is -0.530. The lowest BCUT2D eigenvalue weighted by Crippen LogP contribution is -2.55. The number of carbonyl (C=O) groups excluding carboxylic acids is 1. The zero-order valence-corrected chi connectivity index (χ0v) is 11.9. The van der Waals surface area contributed by atoms with E-state index in [1.165, 1.54) is 38.5 Å². The summed E-state index contributed by atoms with van der Waals surface area (Å²) in [5.41, 5.74) is 0.456. The molecule has 4 aliphatic carbocycles. The van der Waals surface area contributed by atoms with Gasteiger partial charge in [0.05, 0.1) is 0 Å². The predicted molar refractivity (Wildman–Crippen MR) is 73.1 cm³/mol. The third kappa shape index (κ3) is 2.08. The molecular weight excluding hydrogens is 222 g/mol. The Bertz CT molecular complexity index is 301. The van der Waals surface area contributed by atoms with E-state index in [1.807, 2.05) is 0 Å². The van der Waals surface area contributed by atoms with Crippen molar-refractivity contribution in [3.8, 4) is 0 Å². The lowest BCUT2D eigenvalue weighted by molar-refractivity contribution is -0.125. The minimum Gasteiger partial charge on any atom is -0.353 e. The molecule has 4 bridgehead atoms. The van der Waals surface area contributed by atoms with Crippen LogP contribution in [0.25, 0.3) is 0 Å². The van der Waals surface area contributed by atoms with E-state index in [0.717, 1.165) is 24.2 Å². The first kappa shape index (κ1) is 12.5. The lowest BCUT2D eigenvalue weighted by atomic mass is 9.48. The van der Waals surface area contributed by atoms with Gasteiger partial charge in [0, 0.05) is 12.5 Å². The smallest absolute Gasteiger partial charge is 0.220 e. The van der Waals surface area contributed by atoms with Crippen LogP contribution in [0.3, 0.4) is 0 Å². The molecule has 4 rings (SSSR count). The topological polar surface area (TPSA) is 29.1 Å². The van der Waals surface area contributed by atoms with Crippen molar-refractivity contribution in [2.24, 2.45) is 23.2 Å². The molecule has 0 radical (unpaired) electrons. The molecular formula is C16H27NO. The zero-order valence-electron chi connectivity index (χ0n) is 11.9. The summed E-state index contributed by atoms with van der Waals surface area (Å²) in [6.45, 7) is 4.34. The molecule has 102 valence electrons. The Morgan fingerprint density at radius 3 is 2.11 bits per heavy atom. The van der Waals surface area contributed by atoms with Crippen LogP contribution in [-0.4, -0.2) is 11.9 Å². The third-order valence-corrected chi connectivity index (χ3v) is 5.86. The van der Waals surface area contributed by atoms with E-state index in [4.69, 9.17) is 0 Å². The fraction of sp³-hybridized carbons (Fsp3) is 0.938. The molecule has 1 atom stereocenters. The molecule has 1 N–H and O–H groups in total. The van der Waals surface area contributed by atoms with Gasteiger partial charge in [-0.3, -0.25) is 4.79 Å². The van der Waals surface area contributed by atoms with E-state index in [2.05, 4.69) is 19.2 Å². The summed E-state index contributed by atoms with van der Waals surface area (Å²) in [5, 5.41) is 3.30. The summed E-state index contributed by atoms with van der Waals surface area (Å²) < 4.78 is 0. The van der Waals surface area contributed by atoms with Crippen LogP contribution in [0.1, 0.15) is 65.2 Å². The molecule has 0 aromatic carbocycles. The van der Waals surface area contributed by atoms with Crippen LogP contribution in [0.15, 0.2) is 0 Å². The Kier molecular flexibility index (Phi) is 3.15. The molecule has 4 aliphatic rings. The maximum atomic E-state index is 11.8. The number of amides is 1. The second-order valence-corrected chi connectivity index (χ2v) is 7.32. The highest BCUT2D eigenvalue weighted by Gasteiger charge is 2.53. The van der Waals surface area contributed by atoms with Gasteiger partial charge < -0.3 is 5.32 Å². The molecule has 0 unspecified atom stereocenters. The molecule has 0 heterocycles. The summed E-state index contributed by atoms with van der Waals surface area (Å²) >= 11 is 0. The summed E-state index contributed by atoms with van der Waals surface area (Å²) in [6.07, 6.45) is 10.2. The number of carbonyl (C=O) groups is 1. The molecule has 1 amide bonds. The second-order valence-electron chi connectivity index (χ2n) is 7.32. The van der Waals surface area contributed by atoms with E-state index in [1.54, 1.807) is 0 Å². The largest absolute Gasteiger partial charge is 0.353 e. The van der Waals surface area contributed by atoms with Crippen LogP contribution in [0.4, 0.5) is 0 Å². The van der Waals surface area contributed by atoms with Crippen LogP contribution in [0, 0.1) is 23.2 Å². The quantitative estimate of drug-likeness (QED) is 0.811. The minimum absolute atomic E-state index is 0.265. The maximum absolute atomic E-state index is 11.8. The molecule has 2 heteroatoms. The number of hydrogen-bond acceptors (Lipinski definition) is 1. The zero-order chi connectivity index (χ0) is 12.8. The SMILES string of the molecule is CCCC(=O)N[C@H](C)C12CC3CC(CC(C3)C1)C2. The fourth-order valence-corrected chi connectivity index (χ4v) is 5.40. The molecule has 0 aromatic heterocycles. The van der Waals surface area contributed by atoms with Gasteiger partial charge in [-0.15, -0.1) is 0 Å². The first-order chi connectivity index (χ1) is 8.61. The monoisotopic (exact) mass is 249 g/mol. The van der Waals surface area contributed by atoms with Crippen LogP contribution in [0.5, 0.6) is 0 Å². The molecule has 2 nitrogen and oxygen atoms in total. The van der Waals surface area contributed by atoms with Gasteiger partial charge in [-0.2, -0.15) is 0 Å². The standard InChI is InChI=1S/C16H27NO/c1-3-4-15(18)17-11(2)16-8-12-5-13(9-16)7-14(6-12)10-16/h11-14H,3-10H2,1-2H3,(H,17,18)/t11-,12?,13?,14?,16?/m1/s1. The van der Waals surface area contributed by atoms with Crippen molar-refractivity contribution in [3.63, 3.8) is 0 Å². The summed E-state index contributed by atoms with van der Waals surface area (Å²) in [6, 6.07) is 0.393. The third-order valence-electron chi connectivity index (χ3n) is 5.86. The van der Waals surface area contributed by atoms with Crippen molar-refractivity contribution in [1.82, 2.24) is 5.32 Å². The average molecular weight is 249 g/mol. The molecule has 0 spiro atoms. The Morgan fingerprint density at radius 2 is 1.67 bits per heavy atom. The van der Waals surface area contributed by atoms with Crippen LogP contribution in [0.2, 0.25) is 0 Å². The van der Waals surface area contributed by atoms with Gasteiger partial charge in [-0.05, 0) is 75.0 Å². The average Bonchev–Trinajstić information content (AvgIpc) is 2.27. The van der Waals surface area contributed by atoms with Crippen molar-refractivity contribution < 1.29 is 4.79 Å². The molecule has 0 saturated heterocycles. The highest BCUT2D eigenvalue weighted by atomic mass is 16.1. The van der Waals surface area contributed by atoms with Gasteiger partial charge in [0.25, 0.3) is 0 Å². The van der Waals surface area contributed by atoms with Gasteiger partial charge in [0.1, 0.15) is 0 Å². The van der Waals surface area contributed by atoms with Gasteiger partial charge in [-0.1, -0.05) is 6.92 Å². The highest BCUT2D eigenvalue weighted by Crippen LogP contribution is 2.61. The Balaban J connectivity index is 1.69. The Labute approximate surface area is 111 Å². The van der Waals surface area contributed by atoms with Crippen molar-refractivity contribution in [1.29, 1.82) is 0 Å². The van der Waals surface area contributed by atoms with Crippen molar-refractivity contribution in [2.75, 3.05) is 0 Å². The number of rotatable bonds is 4. The first-order valence-corrected chi connectivity index (χ1v) is 7.90. The molecule has 0 aliphatic heterocycles. The van der Waals surface area contributed by atoms with E-state index >= 15 is 0 Å². The van der Waals surface area contributed by atoms with Crippen molar-refractivity contribution in [2.45, 2.75) is 71.3 Å². The highest BCUT2D eigenvalue weighted by molar-refractivity contribution is 5.76. The summed E-state index contributed by atoms with van der Waals surface area (Å²) in [7, 11) is 0. The van der Waals surface area contributed by atoms with Crippen molar-refractivity contribution in [3.05, 3.63) is 0 Å². The van der Waals surface area contributed by atoms with Gasteiger partial charge in [-0.25, -0.2) is 0 Å². The number of nitrogens with one attached hydrogen (secondary N) is 1. The van der Waals surface area contributed by atoms with Gasteiger partial charge in [0.15, 0.2) is 0 Å². The summed E-state index contributed by atoms with van der Waals surface area (Å²) in [4.78, 5) is 11.8. The van der Waals surface area contributed by atoms with E-state index < -0.39 is 0 Å². The fourth-order valence-electron chi connectivity index (χ4n) is 5.40. The number of hydrogen-bond donors (Lipinski definition) is 1. The minimum atomic E-state index is 0.265. The molecule has 4 fully saturated rings. The van der Waals surface area contributed by atoms with E-state index in [9.17, 15) is 4.79 Å². The van der Waals surface area contributed by atoms with Crippen LogP contribution in [-0.2, 0) is 4.79 Å². The molecule has 4 saturated carbocycles. The summed E-state index contributed by atoms with van der Waals surface area (Å²) in [5.74, 6) is 3.19. The Morgan fingerprint density at radius 1 is 1.17 bits per heavy atom. The van der Waals surface area contributed by atoms with E-state index in [-0.39, 0.29) is 5.91 Å². The molecule has 18 heavy (non-hydrogen) atoms. The first-order valence-electron chi connectivity index (χ1n) is 7.90. The van der Waals surface area contributed by atoms with Crippen LogP contribution < -0.4 is 5.32 Å². The van der Waals surface area contributed by atoms with E-state index in [0.29, 0.717) is 17.9 Å². The van der Waals surface area contributed by atoms with Gasteiger partial charge in [0.2, 0.25) is 5.91 Å².